The van der Waals surface area contributed by atoms with Gasteiger partial charge in [-0.25, -0.2) is 9.97 Å². The van der Waals surface area contributed by atoms with E-state index >= 15 is 0 Å². The molecule has 8 nitrogen and oxygen atoms in total. The van der Waals surface area contributed by atoms with Gasteiger partial charge >= 0.3 is 0 Å². The van der Waals surface area contributed by atoms with Crippen LogP contribution in [0.2, 0.25) is 0 Å². The van der Waals surface area contributed by atoms with Crippen LogP contribution in [0.3, 0.4) is 0 Å². The van der Waals surface area contributed by atoms with E-state index in [4.69, 9.17) is 4.74 Å². The highest BCUT2D eigenvalue weighted by Gasteiger charge is 2.26. The summed E-state index contributed by atoms with van der Waals surface area (Å²) in [6, 6.07) is 17.2. The predicted octanol–water partition coefficient (Wildman–Crippen LogP) is 3.97. The Morgan fingerprint density at radius 1 is 1.00 bits per heavy atom. The van der Waals surface area contributed by atoms with Crippen molar-refractivity contribution >= 4 is 29.0 Å². The van der Waals surface area contributed by atoms with E-state index in [1.807, 2.05) is 36.4 Å². The standard InChI is InChI=1S/C25H27N5O3/c1-17(31)28-20-8-9-23(33-2)22(14-20)29-25(32)19-10-12-30(13-11-19)24-15-21(26-16-27-24)18-6-4-3-5-7-18/h3-9,14-16,19H,10-13H2,1-2H3,(H,28,31)(H,29,32). The molecule has 1 saturated heterocycles. The fourth-order valence-electron chi connectivity index (χ4n) is 3.98. The SMILES string of the molecule is COc1ccc(NC(C)=O)cc1NC(=O)C1CCN(c2cc(-c3ccccc3)ncn2)CC1. The molecular weight excluding hydrogens is 418 g/mol. The molecule has 1 aliphatic heterocycles. The minimum Gasteiger partial charge on any atom is -0.495 e. The van der Waals surface area contributed by atoms with Crippen LogP contribution < -0.4 is 20.3 Å². The van der Waals surface area contributed by atoms with Crippen LogP contribution in [0.4, 0.5) is 17.2 Å². The maximum Gasteiger partial charge on any atom is 0.227 e. The summed E-state index contributed by atoms with van der Waals surface area (Å²) in [6.07, 6.45) is 3.01. The van der Waals surface area contributed by atoms with E-state index in [-0.39, 0.29) is 17.7 Å². The average molecular weight is 446 g/mol. The number of carbonyl (C=O) groups is 2. The summed E-state index contributed by atoms with van der Waals surface area (Å²) in [7, 11) is 1.55. The zero-order chi connectivity index (χ0) is 23.2. The van der Waals surface area contributed by atoms with E-state index in [0.29, 0.717) is 30.0 Å². The van der Waals surface area contributed by atoms with Crippen LogP contribution >= 0.6 is 0 Å². The minimum atomic E-state index is -0.176. The summed E-state index contributed by atoms with van der Waals surface area (Å²) in [5.41, 5.74) is 3.07. The number of benzene rings is 2. The fourth-order valence-corrected chi connectivity index (χ4v) is 3.98. The van der Waals surface area contributed by atoms with E-state index in [1.165, 1.54) is 6.92 Å². The average Bonchev–Trinajstić information content (AvgIpc) is 2.84. The molecule has 0 unspecified atom stereocenters. The Kier molecular flexibility index (Phi) is 6.83. The molecule has 0 atom stereocenters. The topological polar surface area (TPSA) is 96.5 Å². The minimum absolute atomic E-state index is 0.0550. The zero-order valence-corrected chi connectivity index (χ0v) is 18.7. The molecule has 0 radical (unpaired) electrons. The lowest BCUT2D eigenvalue weighted by atomic mass is 9.95. The number of aromatic nitrogens is 2. The van der Waals surface area contributed by atoms with Crippen molar-refractivity contribution < 1.29 is 14.3 Å². The Bertz CT molecular complexity index is 1130. The first-order chi connectivity index (χ1) is 16.0. The number of ether oxygens (including phenoxy) is 1. The molecule has 2 heterocycles. The molecule has 2 amide bonds. The normalized spacial score (nSPS) is 13.9. The maximum absolute atomic E-state index is 13.0. The van der Waals surface area contributed by atoms with Gasteiger partial charge in [0.25, 0.3) is 0 Å². The molecule has 2 N–H and O–H groups in total. The molecule has 0 bridgehead atoms. The largest absolute Gasteiger partial charge is 0.495 e. The number of hydrogen-bond donors (Lipinski definition) is 2. The second kappa shape index (κ2) is 10.1. The van der Waals surface area contributed by atoms with E-state index in [9.17, 15) is 9.59 Å². The van der Waals surface area contributed by atoms with E-state index < -0.39 is 0 Å². The molecule has 3 aromatic rings. The van der Waals surface area contributed by atoms with Crippen molar-refractivity contribution in [1.82, 2.24) is 9.97 Å². The van der Waals surface area contributed by atoms with Gasteiger partial charge in [-0.05, 0) is 31.0 Å². The van der Waals surface area contributed by atoms with Crippen molar-refractivity contribution in [2.24, 2.45) is 5.92 Å². The molecule has 2 aromatic carbocycles. The molecule has 1 fully saturated rings. The van der Waals surface area contributed by atoms with Crippen molar-refractivity contribution in [3.05, 3.63) is 60.9 Å². The highest BCUT2D eigenvalue weighted by molar-refractivity contribution is 5.96. The van der Waals surface area contributed by atoms with Crippen molar-refractivity contribution in [1.29, 1.82) is 0 Å². The number of nitrogens with one attached hydrogen (secondary N) is 2. The van der Waals surface area contributed by atoms with Gasteiger partial charge < -0.3 is 20.3 Å². The first kappa shape index (κ1) is 22.3. The van der Waals surface area contributed by atoms with Crippen LogP contribution in [0.5, 0.6) is 5.75 Å². The first-order valence-electron chi connectivity index (χ1n) is 10.9. The Balaban J connectivity index is 1.39. The number of anilines is 3. The van der Waals surface area contributed by atoms with Gasteiger partial charge in [0, 0.05) is 43.2 Å². The van der Waals surface area contributed by atoms with Crippen LogP contribution in [0, 0.1) is 5.92 Å². The van der Waals surface area contributed by atoms with Crippen LogP contribution in [-0.2, 0) is 9.59 Å². The molecule has 170 valence electrons. The summed E-state index contributed by atoms with van der Waals surface area (Å²) in [5.74, 6) is 1.06. The van der Waals surface area contributed by atoms with Gasteiger partial charge in [0.05, 0.1) is 18.5 Å². The number of nitrogens with zero attached hydrogens (tertiary/aromatic N) is 3. The summed E-state index contributed by atoms with van der Waals surface area (Å²) in [6.45, 7) is 2.90. The summed E-state index contributed by atoms with van der Waals surface area (Å²) in [5, 5.41) is 5.70. The van der Waals surface area contributed by atoms with Crippen molar-refractivity contribution in [3.8, 4) is 17.0 Å². The summed E-state index contributed by atoms with van der Waals surface area (Å²) in [4.78, 5) is 35.3. The first-order valence-corrected chi connectivity index (χ1v) is 10.9. The molecule has 33 heavy (non-hydrogen) atoms. The molecule has 0 spiro atoms. The van der Waals surface area contributed by atoms with Crippen LogP contribution in [0.25, 0.3) is 11.3 Å². The maximum atomic E-state index is 13.0. The van der Waals surface area contributed by atoms with Gasteiger partial charge in [-0.1, -0.05) is 30.3 Å². The predicted molar refractivity (Wildman–Crippen MR) is 128 cm³/mol. The number of piperidine rings is 1. The van der Waals surface area contributed by atoms with Gasteiger partial charge in [-0.15, -0.1) is 0 Å². The molecule has 0 saturated carbocycles. The molecule has 4 rings (SSSR count). The molecule has 0 aliphatic carbocycles. The second-order valence-corrected chi connectivity index (χ2v) is 7.97. The van der Waals surface area contributed by atoms with E-state index in [2.05, 4.69) is 25.5 Å². The van der Waals surface area contributed by atoms with E-state index in [1.54, 1.807) is 31.6 Å². The number of amides is 2. The quantitative estimate of drug-likeness (QED) is 0.596. The lowest BCUT2D eigenvalue weighted by molar-refractivity contribution is -0.120. The lowest BCUT2D eigenvalue weighted by Crippen LogP contribution is -2.38. The molecule has 1 aliphatic rings. The number of carbonyl (C=O) groups excluding carboxylic acids is 2. The fraction of sp³-hybridized carbons (Fsp3) is 0.280. The van der Waals surface area contributed by atoms with Gasteiger partial charge in [0.1, 0.15) is 17.9 Å². The zero-order valence-electron chi connectivity index (χ0n) is 18.7. The highest BCUT2D eigenvalue weighted by atomic mass is 16.5. The summed E-state index contributed by atoms with van der Waals surface area (Å²) < 4.78 is 5.37. The number of methoxy groups -OCH3 is 1. The van der Waals surface area contributed by atoms with Crippen LogP contribution in [0.1, 0.15) is 19.8 Å². The molecule has 1 aromatic heterocycles. The van der Waals surface area contributed by atoms with Gasteiger partial charge in [0.2, 0.25) is 11.8 Å². The Morgan fingerprint density at radius 3 is 2.45 bits per heavy atom. The van der Waals surface area contributed by atoms with Crippen LogP contribution in [0.15, 0.2) is 60.9 Å². The molecular formula is C25H27N5O3. The Morgan fingerprint density at radius 2 is 1.76 bits per heavy atom. The number of rotatable bonds is 6. The van der Waals surface area contributed by atoms with Gasteiger partial charge in [-0.2, -0.15) is 0 Å². The number of hydrogen-bond acceptors (Lipinski definition) is 6. The van der Waals surface area contributed by atoms with E-state index in [0.717, 1.165) is 30.2 Å². The van der Waals surface area contributed by atoms with Crippen LogP contribution in [-0.4, -0.2) is 42.0 Å². The third-order valence-electron chi connectivity index (χ3n) is 5.69. The Labute approximate surface area is 193 Å². The third kappa shape index (κ3) is 5.46. The summed E-state index contributed by atoms with van der Waals surface area (Å²) >= 11 is 0. The van der Waals surface area contributed by atoms with Crippen molar-refractivity contribution in [2.75, 3.05) is 35.7 Å². The lowest BCUT2D eigenvalue weighted by Gasteiger charge is -2.32. The van der Waals surface area contributed by atoms with Crippen molar-refractivity contribution in [2.45, 2.75) is 19.8 Å². The smallest absolute Gasteiger partial charge is 0.227 e. The molecule has 8 heteroatoms. The van der Waals surface area contributed by atoms with Gasteiger partial charge in [-0.3, -0.25) is 9.59 Å². The second-order valence-electron chi connectivity index (χ2n) is 7.97. The third-order valence-corrected chi connectivity index (χ3v) is 5.69. The monoisotopic (exact) mass is 445 g/mol. The van der Waals surface area contributed by atoms with Gasteiger partial charge in [0.15, 0.2) is 0 Å². The Hall–Kier alpha value is -3.94. The highest BCUT2D eigenvalue weighted by Crippen LogP contribution is 2.30. The van der Waals surface area contributed by atoms with Crippen molar-refractivity contribution in [3.63, 3.8) is 0 Å².